The lowest BCUT2D eigenvalue weighted by molar-refractivity contribution is -0.274. The maximum absolute atomic E-state index is 12.5. The maximum atomic E-state index is 12.5. The number of hydrogen-bond donors (Lipinski definition) is 2. The van der Waals surface area contributed by atoms with Gasteiger partial charge in [-0.1, -0.05) is 39.0 Å². The number of aromatic hydroxyl groups is 1. The van der Waals surface area contributed by atoms with Crippen LogP contribution in [0.15, 0.2) is 42.5 Å². The first-order chi connectivity index (χ1) is 12.0. The van der Waals surface area contributed by atoms with Crippen molar-refractivity contribution in [3.63, 3.8) is 0 Å². The van der Waals surface area contributed by atoms with Crippen LogP contribution >= 0.6 is 0 Å². The first-order valence-corrected chi connectivity index (χ1v) is 7.93. The summed E-state index contributed by atoms with van der Waals surface area (Å²) in [7, 11) is 0. The number of halogens is 3. The summed E-state index contributed by atoms with van der Waals surface area (Å²) in [5.74, 6) is -0.653. The molecule has 2 rings (SSSR count). The van der Waals surface area contributed by atoms with Crippen molar-refractivity contribution in [2.24, 2.45) is 5.41 Å². The Morgan fingerprint density at radius 1 is 1.08 bits per heavy atom. The Bertz CT molecular complexity index is 795. The summed E-state index contributed by atoms with van der Waals surface area (Å²) in [6.45, 7) is 5.19. The van der Waals surface area contributed by atoms with Crippen LogP contribution in [0.25, 0.3) is 0 Å². The lowest BCUT2D eigenvalue weighted by Crippen LogP contribution is -2.28. The fraction of sp³-hybridized carbons (Fsp3) is 0.316. The van der Waals surface area contributed by atoms with Crippen molar-refractivity contribution in [3.05, 3.63) is 53.6 Å². The zero-order valence-corrected chi connectivity index (χ0v) is 14.6. The molecule has 0 bridgehead atoms. The van der Waals surface area contributed by atoms with E-state index < -0.39 is 17.5 Å². The number of phenolic OH excluding ortho intramolecular Hbond substituents is 1. The van der Waals surface area contributed by atoms with E-state index in [9.17, 15) is 23.1 Å². The summed E-state index contributed by atoms with van der Waals surface area (Å²) in [6.07, 6.45) is -4.69. The van der Waals surface area contributed by atoms with Gasteiger partial charge in [0.1, 0.15) is 11.5 Å². The Hall–Kier alpha value is -2.70. The van der Waals surface area contributed by atoms with Gasteiger partial charge in [0.15, 0.2) is 0 Å². The molecule has 2 aromatic rings. The molecule has 0 saturated heterocycles. The standard InChI is InChI=1S/C19H20F3NO3/c1-18(2,3)17(25)23-15-9-8-14(26-19(20,21)22)11-13(15)10-12-6-4-5-7-16(12)24/h4-9,11,24H,10H2,1-3H3,(H,23,25). The third-order valence-corrected chi connectivity index (χ3v) is 3.61. The molecule has 0 saturated carbocycles. The number of phenols is 1. The molecule has 140 valence electrons. The van der Waals surface area contributed by atoms with Crippen LogP contribution in [0.4, 0.5) is 18.9 Å². The van der Waals surface area contributed by atoms with Crippen LogP contribution in [0.1, 0.15) is 31.9 Å². The lowest BCUT2D eigenvalue weighted by Gasteiger charge is -2.20. The van der Waals surface area contributed by atoms with Crippen molar-refractivity contribution in [1.82, 2.24) is 0 Å². The second-order valence-corrected chi connectivity index (χ2v) is 6.88. The number of benzene rings is 2. The highest BCUT2D eigenvalue weighted by Gasteiger charge is 2.31. The van der Waals surface area contributed by atoms with E-state index in [1.54, 1.807) is 39.0 Å². The maximum Gasteiger partial charge on any atom is 0.573 e. The predicted molar refractivity (Wildman–Crippen MR) is 92.1 cm³/mol. The van der Waals surface area contributed by atoms with Gasteiger partial charge in [-0.15, -0.1) is 13.2 Å². The number of hydrogen-bond acceptors (Lipinski definition) is 3. The summed E-state index contributed by atoms with van der Waals surface area (Å²) in [6, 6.07) is 10.2. The number of ether oxygens (including phenoxy) is 1. The lowest BCUT2D eigenvalue weighted by atomic mass is 9.95. The average Bonchev–Trinajstić information content (AvgIpc) is 2.49. The van der Waals surface area contributed by atoms with Crippen molar-refractivity contribution < 1.29 is 27.8 Å². The molecular formula is C19H20F3NO3. The summed E-state index contributed by atoms with van der Waals surface area (Å²) < 4.78 is 41.5. The zero-order chi connectivity index (χ0) is 19.5. The Morgan fingerprint density at radius 2 is 1.73 bits per heavy atom. The largest absolute Gasteiger partial charge is 0.573 e. The summed E-state index contributed by atoms with van der Waals surface area (Å²) in [5, 5.41) is 12.7. The minimum atomic E-state index is -4.82. The Labute approximate surface area is 149 Å². The second kappa shape index (κ2) is 7.27. The first-order valence-electron chi connectivity index (χ1n) is 7.93. The third kappa shape index (κ3) is 5.40. The molecule has 0 fully saturated rings. The number of nitrogens with one attached hydrogen (secondary N) is 1. The summed E-state index contributed by atoms with van der Waals surface area (Å²) >= 11 is 0. The second-order valence-electron chi connectivity index (χ2n) is 6.88. The molecule has 7 heteroatoms. The molecule has 0 unspecified atom stereocenters. The Morgan fingerprint density at radius 3 is 2.31 bits per heavy atom. The van der Waals surface area contributed by atoms with Crippen LogP contribution in [-0.2, 0) is 11.2 Å². The van der Waals surface area contributed by atoms with Gasteiger partial charge in [0.25, 0.3) is 0 Å². The predicted octanol–water partition coefficient (Wildman–Crippen LogP) is 4.87. The average molecular weight is 367 g/mol. The van der Waals surface area contributed by atoms with Crippen LogP contribution in [0.5, 0.6) is 11.5 Å². The van der Waals surface area contributed by atoms with Crippen molar-refractivity contribution in [1.29, 1.82) is 0 Å². The molecule has 4 nitrogen and oxygen atoms in total. The van der Waals surface area contributed by atoms with E-state index in [4.69, 9.17) is 0 Å². The highest BCUT2D eigenvalue weighted by molar-refractivity contribution is 5.95. The molecular weight excluding hydrogens is 347 g/mol. The van der Waals surface area contributed by atoms with Gasteiger partial charge in [-0.2, -0.15) is 0 Å². The van der Waals surface area contributed by atoms with Crippen LogP contribution in [0.3, 0.4) is 0 Å². The molecule has 0 spiro atoms. The number of rotatable bonds is 4. The quantitative estimate of drug-likeness (QED) is 0.811. The van der Waals surface area contributed by atoms with Crippen molar-refractivity contribution in [2.75, 3.05) is 5.32 Å². The number of alkyl halides is 3. The van der Waals surface area contributed by atoms with Gasteiger partial charge < -0.3 is 15.2 Å². The van der Waals surface area contributed by atoms with E-state index in [0.717, 1.165) is 6.07 Å². The van der Waals surface area contributed by atoms with E-state index in [1.165, 1.54) is 18.2 Å². The normalized spacial score (nSPS) is 11.9. The van der Waals surface area contributed by atoms with E-state index in [-0.39, 0.29) is 18.1 Å². The van der Waals surface area contributed by atoms with Crippen molar-refractivity contribution >= 4 is 11.6 Å². The molecule has 0 radical (unpaired) electrons. The Balaban J connectivity index is 2.40. The van der Waals surface area contributed by atoms with Crippen LogP contribution in [-0.4, -0.2) is 17.4 Å². The number of carbonyl (C=O) groups is 1. The number of para-hydroxylation sites is 1. The van der Waals surface area contributed by atoms with E-state index >= 15 is 0 Å². The molecule has 0 atom stereocenters. The van der Waals surface area contributed by atoms with Crippen LogP contribution in [0.2, 0.25) is 0 Å². The van der Waals surface area contributed by atoms with Gasteiger partial charge in [-0.3, -0.25) is 4.79 Å². The first kappa shape index (κ1) is 19.6. The highest BCUT2D eigenvalue weighted by atomic mass is 19.4. The van der Waals surface area contributed by atoms with Crippen LogP contribution < -0.4 is 10.1 Å². The molecule has 26 heavy (non-hydrogen) atoms. The highest BCUT2D eigenvalue weighted by Crippen LogP contribution is 2.31. The summed E-state index contributed by atoms with van der Waals surface area (Å²) in [4.78, 5) is 12.2. The van der Waals surface area contributed by atoms with E-state index in [1.807, 2.05) is 0 Å². The van der Waals surface area contributed by atoms with Gasteiger partial charge in [0, 0.05) is 17.5 Å². The number of carbonyl (C=O) groups excluding carboxylic acids is 1. The molecule has 0 heterocycles. The number of amides is 1. The molecule has 0 aliphatic rings. The van der Waals surface area contributed by atoms with Crippen LogP contribution in [0, 0.1) is 5.41 Å². The molecule has 2 aromatic carbocycles. The van der Waals surface area contributed by atoms with E-state index in [2.05, 4.69) is 10.1 Å². The fourth-order valence-corrected chi connectivity index (χ4v) is 2.21. The smallest absolute Gasteiger partial charge is 0.508 e. The van der Waals surface area contributed by atoms with Gasteiger partial charge >= 0.3 is 6.36 Å². The number of anilines is 1. The van der Waals surface area contributed by atoms with Gasteiger partial charge in [-0.05, 0) is 35.4 Å². The fourth-order valence-electron chi connectivity index (χ4n) is 2.21. The van der Waals surface area contributed by atoms with Gasteiger partial charge in [-0.25, -0.2) is 0 Å². The minimum absolute atomic E-state index is 0.0164. The molecule has 0 aliphatic heterocycles. The van der Waals surface area contributed by atoms with Gasteiger partial charge in [0.2, 0.25) is 5.91 Å². The minimum Gasteiger partial charge on any atom is -0.508 e. The Kier molecular flexibility index (Phi) is 5.49. The van der Waals surface area contributed by atoms with E-state index in [0.29, 0.717) is 16.8 Å². The molecule has 0 aromatic heterocycles. The monoisotopic (exact) mass is 367 g/mol. The zero-order valence-electron chi connectivity index (χ0n) is 14.6. The summed E-state index contributed by atoms with van der Waals surface area (Å²) in [5.41, 5.74) is 0.601. The molecule has 0 aliphatic carbocycles. The van der Waals surface area contributed by atoms with Crippen molar-refractivity contribution in [3.8, 4) is 11.5 Å². The third-order valence-electron chi connectivity index (χ3n) is 3.61. The molecule has 1 amide bonds. The SMILES string of the molecule is CC(C)(C)C(=O)Nc1ccc(OC(F)(F)F)cc1Cc1ccccc1O. The molecule has 2 N–H and O–H groups in total. The topological polar surface area (TPSA) is 58.6 Å². The van der Waals surface area contributed by atoms with Gasteiger partial charge in [0.05, 0.1) is 0 Å². The van der Waals surface area contributed by atoms with Crippen molar-refractivity contribution in [2.45, 2.75) is 33.6 Å².